The monoisotopic (exact) mass is 529 g/mol. The number of nitrogens with one attached hydrogen (secondary N) is 1. The van der Waals surface area contributed by atoms with Crippen molar-refractivity contribution in [2.24, 2.45) is 0 Å². The van der Waals surface area contributed by atoms with Gasteiger partial charge in [0.2, 0.25) is 0 Å². The average molecular weight is 530 g/mol. The molecule has 0 saturated carbocycles. The van der Waals surface area contributed by atoms with Crippen LogP contribution in [0.25, 0.3) is 21.7 Å². The van der Waals surface area contributed by atoms with Crippen LogP contribution in [0.5, 0.6) is 5.75 Å². The van der Waals surface area contributed by atoms with Gasteiger partial charge in [-0.2, -0.15) is 5.26 Å². The lowest BCUT2D eigenvalue weighted by Gasteiger charge is -2.23. The van der Waals surface area contributed by atoms with Crippen molar-refractivity contribution in [3.63, 3.8) is 0 Å². The van der Waals surface area contributed by atoms with Crippen molar-refractivity contribution in [3.8, 4) is 33.5 Å². The summed E-state index contributed by atoms with van der Waals surface area (Å²) >= 11 is 1.71. The normalized spacial score (nSPS) is 13.6. The molecule has 1 atom stereocenters. The Hall–Kier alpha value is -2.68. The predicted octanol–water partition coefficient (Wildman–Crippen LogP) is 9.03. The molecule has 0 saturated heterocycles. The number of benzene rings is 2. The molecule has 202 valence electrons. The van der Waals surface area contributed by atoms with Gasteiger partial charge < -0.3 is 10.1 Å². The molecule has 1 aromatic heterocycles. The average Bonchev–Trinajstić information content (AvgIpc) is 3.39. The van der Waals surface area contributed by atoms with Gasteiger partial charge in [0, 0.05) is 41.1 Å². The maximum absolute atomic E-state index is 10.4. The SMILES string of the molecule is CCCCCCCCC(CC)c1cccc(-c2cccc(-c3nc4c(s3)CNCC4)c2C#N)c1OCCC. The molecule has 1 unspecified atom stereocenters. The standard InChI is InChI=1S/C33H43N3OS/c1-4-7-8-9-10-11-14-24(6-3)25-15-12-17-27(32(25)37-21-5-2)26-16-13-18-28(29(26)22-34)33-36-30-19-20-35-23-31(30)38-33/h12-13,15-18,24,35H,4-11,14,19-21,23H2,1-3H3. The summed E-state index contributed by atoms with van der Waals surface area (Å²) in [6, 6.07) is 15.2. The van der Waals surface area contributed by atoms with E-state index in [2.05, 4.69) is 62.5 Å². The number of rotatable bonds is 14. The summed E-state index contributed by atoms with van der Waals surface area (Å²) in [5.74, 6) is 1.42. The molecular formula is C33H43N3OS. The fourth-order valence-electron chi connectivity index (χ4n) is 5.52. The third kappa shape index (κ3) is 6.65. The smallest absolute Gasteiger partial charge is 0.130 e. The number of para-hydroxylation sites is 1. The van der Waals surface area contributed by atoms with Crippen molar-refractivity contribution < 1.29 is 4.74 Å². The minimum absolute atomic E-state index is 0.458. The van der Waals surface area contributed by atoms with E-state index in [0.29, 0.717) is 18.1 Å². The quantitative estimate of drug-likeness (QED) is 0.212. The number of unbranched alkanes of at least 4 members (excludes halogenated alkanes) is 5. The fourth-order valence-corrected chi connectivity index (χ4v) is 6.63. The molecule has 0 radical (unpaired) electrons. The summed E-state index contributed by atoms with van der Waals surface area (Å²) in [7, 11) is 0. The molecule has 0 spiro atoms. The molecule has 38 heavy (non-hydrogen) atoms. The summed E-state index contributed by atoms with van der Waals surface area (Å²) in [6.45, 7) is 9.21. The van der Waals surface area contributed by atoms with E-state index < -0.39 is 0 Å². The molecule has 0 amide bonds. The van der Waals surface area contributed by atoms with E-state index in [1.165, 1.54) is 61.1 Å². The topological polar surface area (TPSA) is 57.9 Å². The Bertz CT molecular complexity index is 1200. The predicted molar refractivity (Wildman–Crippen MR) is 160 cm³/mol. The van der Waals surface area contributed by atoms with Gasteiger partial charge in [0.15, 0.2) is 0 Å². The number of hydrogen-bond acceptors (Lipinski definition) is 5. The Labute approximate surface area is 233 Å². The van der Waals surface area contributed by atoms with Crippen molar-refractivity contribution in [3.05, 3.63) is 58.1 Å². The highest BCUT2D eigenvalue weighted by Gasteiger charge is 2.23. The summed E-state index contributed by atoms with van der Waals surface area (Å²) in [5.41, 5.74) is 6.05. The van der Waals surface area contributed by atoms with Crippen molar-refractivity contribution in [1.29, 1.82) is 5.26 Å². The molecule has 3 aromatic rings. The number of nitriles is 1. The molecule has 1 aliphatic rings. The first-order valence-corrected chi connectivity index (χ1v) is 15.5. The zero-order chi connectivity index (χ0) is 26.7. The highest BCUT2D eigenvalue weighted by molar-refractivity contribution is 7.15. The summed E-state index contributed by atoms with van der Waals surface area (Å²) in [5, 5.41) is 14.8. The largest absolute Gasteiger partial charge is 0.493 e. The van der Waals surface area contributed by atoms with E-state index in [1.807, 2.05) is 6.07 Å². The van der Waals surface area contributed by atoms with Gasteiger partial charge in [-0.3, -0.25) is 0 Å². The molecule has 5 heteroatoms. The Morgan fingerprint density at radius 2 is 1.74 bits per heavy atom. The Kier molecular flexibility index (Phi) is 10.8. The Balaban J connectivity index is 1.69. The molecule has 1 N–H and O–H groups in total. The van der Waals surface area contributed by atoms with Crippen LogP contribution in [-0.2, 0) is 13.0 Å². The van der Waals surface area contributed by atoms with E-state index in [-0.39, 0.29) is 0 Å². The van der Waals surface area contributed by atoms with Gasteiger partial charge in [0.1, 0.15) is 16.8 Å². The van der Waals surface area contributed by atoms with Crippen molar-refractivity contribution >= 4 is 11.3 Å². The summed E-state index contributed by atoms with van der Waals surface area (Å²) in [6.07, 6.45) is 12.0. The van der Waals surface area contributed by atoms with Crippen LogP contribution in [0, 0.1) is 11.3 Å². The second kappa shape index (κ2) is 14.5. The summed E-state index contributed by atoms with van der Waals surface area (Å²) in [4.78, 5) is 6.24. The van der Waals surface area contributed by atoms with Gasteiger partial charge in [0.05, 0.1) is 17.9 Å². The van der Waals surface area contributed by atoms with Gasteiger partial charge in [0.25, 0.3) is 0 Å². The number of ether oxygens (including phenoxy) is 1. The van der Waals surface area contributed by atoms with Crippen molar-refractivity contribution in [1.82, 2.24) is 10.3 Å². The third-order valence-electron chi connectivity index (χ3n) is 7.63. The van der Waals surface area contributed by atoms with E-state index in [4.69, 9.17) is 9.72 Å². The van der Waals surface area contributed by atoms with Crippen LogP contribution in [0.4, 0.5) is 0 Å². The first-order chi connectivity index (χ1) is 18.7. The van der Waals surface area contributed by atoms with Gasteiger partial charge >= 0.3 is 0 Å². The lowest BCUT2D eigenvalue weighted by molar-refractivity contribution is 0.312. The van der Waals surface area contributed by atoms with Crippen molar-refractivity contribution in [2.45, 2.75) is 97.4 Å². The maximum Gasteiger partial charge on any atom is 0.130 e. The second-order valence-corrected chi connectivity index (χ2v) is 11.5. The molecule has 0 fully saturated rings. The number of fused-ring (bicyclic) bond motifs is 1. The zero-order valence-electron chi connectivity index (χ0n) is 23.4. The van der Waals surface area contributed by atoms with E-state index in [9.17, 15) is 5.26 Å². The number of hydrogen-bond donors (Lipinski definition) is 1. The fraction of sp³-hybridized carbons (Fsp3) is 0.515. The Morgan fingerprint density at radius 3 is 2.50 bits per heavy atom. The third-order valence-corrected chi connectivity index (χ3v) is 8.76. The zero-order valence-corrected chi connectivity index (χ0v) is 24.3. The van der Waals surface area contributed by atoms with Crippen LogP contribution in [-0.4, -0.2) is 18.1 Å². The second-order valence-electron chi connectivity index (χ2n) is 10.4. The molecule has 4 nitrogen and oxygen atoms in total. The maximum atomic E-state index is 10.4. The molecule has 0 bridgehead atoms. The first kappa shape index (κ1) is 28.3. The molecule has 2 heterocycles. The molecule has 2 aromatic carbocycles. The van der Waals surface area contributed by atoms with Gasteiger partial charge in [-0.1, -0.05) is 95.7 Å². The van der Waals surface area contributed by atoms with Crippen LogP contribution < -0.4 is 10.1 Å². The van der Waals surface area contributed by atoms with Gasteiger partial charge in [-0.05, 0) is 30.7 Å². The Morgan fingerprint density at radius 1 is 0.974 bits per heavy atom. The van der Waals surface area contributed by atoms with Gasteiger partial charge in [-0.25, -0.2) is 4.98 Å². The highest BCUT2D eigenvalue weighted by atomic mass is 32.1. The highest BCUT2D eigenvalue weighted by Crippen LogP contribution is 2.43. The van der Waals surface area contributed by atoms with E-state index in [1.54, 1.807) is 11.3 Å². The van der Waals surface area contributed by atoms with E-state index in [0.717, 1.165) is 59.8 Å². The van der Waals surface area contributed by atoms with Crippen molar-refractivity contribution in [2.75, 3.05) is 13.2 Å². The number of nitrogens with zero attached hydrogens (tertiary/aromatic N) is 2. The molecule has 0 aliphatic carbocycles. The van der Waals surface area contributed by atoms with Crippen LogP contribution in [0.2, 0.25) is 0 Å². The van der Waals surface area contributed by atoms with Gasteiger partial charge in [-0.15, -0.1) is 11.3 Å². The first-order valence-electron chi connectivity index (χ1n) is 14.7. The minimum atomic E-state index is 0.458. The van der Waals surface area contributed by atoms with Crippen LogP contribution in [0.1, 0.15) is 106 Å². The van der Waals surface area contributed by atoms with Crippen LogP contribution in [0.3, 0.4) is 0 Å². The minimum Gasteiger partial charge on any atom is -0.493 e. The molecule has 4 rings (SSSR count). The lowest BCUT2D eigenvalue weighted by atomic mass is 9.86. The van der Waals surface area contributed by atoms with E-state index >= 15 is 0 Å². The summed E-state index contributed by atoms with van der Waals surface area (Å²) < 4.78 is 6.49. The number of aromatic nitrogens is 1. The molecule has 1 aliphatic heterocycles. The lowest BCUT2D eigenvalue weighted by Crippen LogP contribution is -2.22. The van der Waals surface area contributed by atoms with Crippen LogP contribution in [0.15, 0.2) is 36.4 Å². The van der Waals surface area contributed by atoms with Crippen LogP contribution >= 0.6 is 11.3 Å². The number of thiazole rings is 1. The molecular weight excluding hydrogens is 486 g/mol.